The first kappa shape index (κ1) is 13.9. The lowest BCUT2D eigenvalue weighted by Gasteiger charge is -2.08. The molecule has 18 heavy (non-hydrogen) atoms. The number of hydrogen-bond acceptors (Lipinski definition) is 4. The van der Waals surface area contributed by atoms with Crippen LogP contribution in [0.4, 0.5) is 4.39 Å². The van der Waals surface area contributed by atoms with Gasteiger partial charge in [0.2, 0.25) is 0 Å². The van der Waals surface area contributed by atoms with E-state index in [1.807, 2.05) is 0 Å². The molecule has 0 atom stereocenters. The van der Waals surface area contributed by atoms with Crippen molar-refractivity contribution < 1.29 is 18.7 Å². The molecule has 0 aromatic heterocycles. The average molecular weight is 252 g/mol. The van der Waals surface area contributed by atoms with Gasteiger partial charge >= 0.3 is 0 Å². The number of methoxy groups -OCH3 is 1. The number of amides is 1. The molecule has 0 unspecified atom stereocenters. The number of nitrogens with zero attached hydrogens (tertiary/aromatic N) is 1. The van der Waals surface area contributed by atoms with Gasteiger partial charge in [-0.3, -0.25) is 4.79 Å². The van der Waals surface area contributed by atoms with Crippen LogP contribution in [0.15, 0.2) is 18.2 Å². The Balaban J connectivity index is 2.51. The first-order valence-corrected chi connectivity index (χ1v) is 5.26. The van der Waals surface area contributed by atoms with Gasteiger partial charge in [-0.15, -0.1) is 0 Å². The topological polar surface area (TPSA) is 71.3 Å². The van der Waals surface area contributed by atoms with E-state index in [4.69, 9.17) is 14.7 Å². The zero-order chi connectivity index (χ0) is 13.4. The third-order valence-corrected chi connectivity index (χ3v) is 2.07. The molecule has 1 N–H and O–H groups in total. The van der Waals surface area contributed by atoms with Gasteiger partial charge < -0.3 is 14.8 Å². The molecule has 0 spiro atoms. The number of rotatable bonds is 6. The molecule has 1 amide bonds. The molecule has 0 heterocycles. The molecular weight excluding hydrogens is 239 g/mol. The van der Waals surface area contributed by atoms with Gasteiger partial charge in [0.25, 0.3) is 5.91 Å². The number of hydrogen-bond donors (Lipinski definition) is 1. The van der Waals surface area contributed by atoms with Crippen LogP contribution >= 0.6 is 0 Å². The van der Waals surface area contributed by atoms with Crippen molar-refractivity contribution in [2.75, 3.05) is 26.9 Å². The summed E-state index contributed by atoms with van der Waals surface area (Å²) in [6.45, 7) is 0.490. The fourth-order valence-corrected chi connectivity index (χ4v) is 1.22. The summed E-state index contributed by atoms with van der Waals surface area (Å²) in [7, 11) is 1.52. The molecule has 1 aromatic rings. The van der Waals surface area contributed by atoms with Crippen molar-refractivity contribution in [1.82, 2.24) is 5.32 Å². The van der Waals surface area contributed by atoms with E-state index in [9.17, 15) is 9.18 Å². The van der Waals surface area contributed by atoms with Gasteiger partial charge in [0, 0.05) is 13.7 Å². The summed E-state index contributed by atoms with van der Waals surface area (Å²) in [6.07, 6.45) is 0. The monoisotopic (exact) mass is 252 g/mol. The quantitative estimate of drug-likeness (QED) is 0.761. The fraction of sp³-hybridized carbons (Fsp3) is 0.333. The van der Waals surface area contributed by atoms with Gasteiger partial charge in [0.1, 0.15) is 23.2 Å². The Hall–Kier alpha value is -2.13. The van der Waals surface area contributed by atoms with Crippen LogP contribution in [-0.4, -0.2) is 32.8 Å². The second kappa shape index (κ2) is 7.25. The minimum atomic E-state index is -0.671. The summed E-state index contributed by atoms with van der Waals surface area (Å²) in [5, 5.41) is 11.3. The van der Waals surface area contributed by atoms with Crippen LogP contribution in [0.1, 0.15) is 5.56 Å². The summed E-state index contributed by atoms with van der Waals surface area (Å²) in [5.74, 6) is -0.977. The molecule has 0 saturated heterocycles. The summed E-state index contributed by atoms with van der Waals surface area (Å²) in [6, 6.07) is 5.69. The Bertz CT molecular complexity index is 457. The van der Waals surface area contributed by atoms with E-state index in [0.29, 0.717) is 13.2 Å². The van der Waals surface area contributed by atoms with Crippen LogP contribution in [0, 0.1) is 17.1 Å². The van der Waals surface area contributed by atoms with Gasteiger partial charge in [0.05, 0.1) is 6.61 Å². The fourth-order valence-electron chi connectivity index (χ4n) is 1.22. The van der Waals surface area contributed by atoms with Gasteiger partial charge in [-0.1, -0.05) is 6.07 Å². The van der Waals surface area contributed by atoms with E-state index in [2.05, 4.69) is 5.32 Å². The molecule has 6 heteroatoms. The van der Waals surface area contributed by atoms with Crippen molar-refractivity contribution in [3.05, 3.63) is 29.6 Å². The van der Waals surface area contributed by atoms with Crippen molar-refractivity contribution in [3.63, 3.8) is 0 Å². The Morgan fingerprint density at radius 2 is 2.33 bits per heavy atom. The maximum atomic E-state index is 13.2. The summed E-state index contributed by atoms with van der Waals surface area (Å²) >= 11 is 0. The maximum absolute atomic E-state index is 13.2. The standard InChI is InChI=1S/C12H13FN2O3/c1-17-6-5-15-12(16)8-18-11-4-2-3-10(13)9(11)7-14/h2-4H,5-6,8H2,1H3,(H,15,16). The SMILES string of the molecule is COCCNC(=O)COc1cccc(F)c1C#N. The molecule has 5 nitrogen and oxygen atoms in total. The molecular formula is C12H13FN2O3. The molecule has 1 rings (SSSR count). The Kier molecular flexibility index (Phi) is 5.61. The number of carbonyl (C=O) groups is 1. The highest BCUT2D eigenvalue weighted by atomic mass is 19.1. The Morgan fingerprint density at radius 1 is 1.56 bits per heavy atom. The van der Waals surface area contributed by atoms with Crippen molar-refractivity contribution >= 4 is 5.91 Å². The highest BCUT2D eigenvalue weighted by Gasteiger charge is 2.10. The van der Waals surface area contributed by atoms with Crippen LogP contribution in [0.2, 0.25) is 0 Å². The molecule has 0 aliphatic rings. The predicted molar refractivity (Wildman–Crippen MR) is 61.5 cm³/mol. The number of benzene rings is 1. The minimum absolute atomic E-state index is 0.0550. The van der Waals surface area contributed by atoms with Gasteiger partial charge in [0.15, 0.2) is 6.61 Å². The number of halogens is 1. The lowest BCUT2D eigenvalue weighted by Crippen LogP contribution is -2.31. The van der Waals surface area contributed by atoms with E-state index >= 15 is 0 Å². The molecule has 0 aliphatic carbocycles. The van der Waals surface area contributed by atoms with Crippen LogP contribution in [0.5, 0.6) is 5.75 Å². The molecule has 96 valence electrons. The molecule has 0 radical (unpaired) electrons. The predicted octanol–water partition coefficient (Wildman–Crippen LogP) is 0.839. The molecule has 0 bridgehead atoms. The molecule has 0 aliphatic heterocycles. The van der Waals surface area contributed by atoms with Gasteiger partial charge in [-0.2, -0.15) is 5.26 Å². The smallest absolute Gasteiger partial charge is 0.258 e. The number of nitrogens with one attached hydrogen (secondary N) is 1. The first-order valence-electron chi connectivity index (χ1n) is 5.26. The third kappa shape index (κ3) is 4.03. The van der Waals surface area contributed by atoms with Gasteiger partial charge in [-0.25, -0.2) is 4.39 Å². The van der Waals surface area contributed by atoms with E-state index < -0.39 is 5.82 Å². The lowest BCUT2D eigenvalue weighted by atomic mass is 10.2. The third-order valence-electron chi connectivity index (χ3n) is 2.07. The molecule has 0 saturated carbocycles. The Labute approximate surface area is 104 Å². The summed E-state index contributed by atoms with van der Waals surface area (Å²) in [5.41, 5.74) is -0.206. The van der Waals surface area contributed by atoms with E-state index in [1.54, 1.807) is 6.07 Å². The molecule has 1 aromatic carbocycles. The van der Waals surface area contributed by atoms with Crippen LogP contribution < -0.4 is 10.1 Å². The zero-order valence-corrected chi connectivity index (χ0v) is 9.90. The largest absolute Gasteiger partial charge is 0.482 e. The second-order valence-electron chi connectivity index (χ2n) is 3.36. The van der Waals surface area contributed by atoms with Crippen molar-refractivity contribution in [2.24, 2.45) is 0 Å². The first-order chi connectivity index (χ1) is 8.69. The second-order valence-corrected chi connectivity index (χ2v) is 3.36. The van der Waals surface area contributed by atoms with Crippen molar-refractivity contribution in [3.8, 4) is 11.8 Å². The van der Waals surface area contributed by atoms with Crippen molar-refractivity contribution in [1.29, 1.82) is 5.26 Å². The number of ether oxygens (including phenoxy) is 2. The van der Waals surface area contributed by atoms with E-state index in [0.717, 1.165) is 6.07 Å². The summed E-state index contributed by atoms with van der Waals surface area (Å²) in [4.78, 5) is 11.3. The van der Waals surface area contributed by atoms with E-state index in [-0.39, 0.29) is 23.8 Å². The highest BCUT2D eigenvalue weighted by molar-refractivity contribution is 5.77. The zero-order valence-electron chi connectivity index (χ0n) is 9.90. The van der Waals surface area contributed by atoms with E-state index in [1.165, 1.54) is 19.2 Å². The lowest BCUT2D eigenvalue weighted by molar-refractivity contribution is -0.123. The minimum Gasteiger partial charge on any atom is -0.482 e. The summed E-state index contributed by atoms with van der Waals surface area (Å²) < 4.78 is 23.0. The van der Waals surface area contributed by atoms with Gasteiger partial charge in [-0.05, 0) is 12.1 Å². The normalized spacial score (nSPS) is 9.61. The van der Waals surface area contributed by atoms with Crippen molar-refractivity contribution in [2.45, 2.75) is 0 Å². The highest BCUT2D eigenvalue weighted by Crippen LogP contribution is 2.19. The van der Waals surface area contributed by atoms with Crippen LogP contribution in [0.3, 0.4) is 0 Å². The Morgan fingerprint density at radius 3 is 3.00 bits per heavy atom. The number of nitriles is 1. The maximum Gasteiger partial charge on any atom is 0.258 e. The van der Waals surface area contributed by atoms with Crippen LogP contribution in [0.25, 0.3) is 0 Å². The average Bonchev–Trinajstić information content (AvgIpc) is 2.36. The van der Waals surface area contributed by atoms with Crippen LogP contribution in [-0.2, 0) is 9.53 Å². The molecule has 0 fully saturated rings. The number of carbonyl (C=O) groups excluding carboxylic acids is 1.